The normalized spacial score (nSPS) is 12.2. The van der Waals surface area contributed by atoms with E-state index in [1.54, 1.807) is 48.5 Å². The fourth-order valence-corrected chi connectivity index (χ4v) is 2.50. The molecule has 0 bridgehead atoms. The largest absolute Gasteiger partial charge is 0.454 e. The molecule has 0 aromatic heterocycles. The van der Waals surface area contributed by atoms with Crippen molar-refractivity contribution in [2.45, 2.75) is 6.54 Å². The van der Waals surface area contributed by atoms with Gasteiger partial charge in [-0.1, -0.05) is 29.8 Å². The SMILES string of the molecule is N#C/C(=C\c1ccc2c(c1)OCO2)C(=O)OCC(=O)NCc1ccc(Cl)cc1. The van der Waals surface area contributed by atoms with Crippen LogP contribution in [0.15, 0.2) is 48.0 Å². The molecule has 7 nitrogen and oxygen atoms in total. The summed E-state index contributed by atoms with van der Waals surface area (Å²) in [5.41, 5.74) is 1.19. The lowest BCUT2D eigenvalue weighted by molar-refractivity contribution is -0.144. The van der Waals surface area contributed by atoms with E-state index < -0.39 is 18.5 Å². The van der Waals surface area contributed by atoms with E-state index in [0.717, 1.165) is 5.56 Å². The van der Waals surface area contributed by atoms with Crippen LogP contribution < -0.4 is 14.8 Å². The van der Waals surface area contributed by atoms with Gasteiger partial charge in [-0.2, -0.15) is 5.26 Å². The quantitative estimate of drug-likeness (QED) is 0.456. The van der Waals surface area contributed by atoms with Crippen LogP contribution in [0, 0.1) is 11.3 Å². The Morgan fingerprint density at radius 1 is 1.18 bits per heavy atom. The minimum absolute atomic E-state index is 0.126. The van der Waals surface area contributed by atoms with Crippen LogP contribution in [0.2, 0.25) is 5.02 Å². The fourth-order valence-electron chi connectivity index (χ4n) is 2.37. The van der Waals surface area contributed by atoms with E-state index in [9.17, 15) is 14.9 Å². The summed E-state index contributed by atoms with van der Waals surface area (Å²) < 4.78 is 15.4. The number of halogens is 1. The molecule has 1 amide bonds. The van der Waals surface area contributed by atoms with Gasteiger partial charge in [-0.3, -0.25) is 4.79 Å². The van der Waals surface area contributed by atoms with Crippen molar-refractivity contribution < 1.29 is 23.8 Å². The van der Waals surface area contributed by atoms with Crippen molar-refractivity contribution >= 4 is 29.6 Å². The molecule has 1 aliphatic rings. The van der Waals surface area contributed by atoms with Crippen LogP contribution in [0.5, 0.6) is 11.5 Å². The number of hydrogen-bond acceptors (Lipinski definition) is 6. The summed E-state index contributed by atoms with van der Waals surface area (Å²) in [5, 5.41) is 12.4. The van der Waals surface area contributed by atoms with Crippen LogP contribution in [-0.4, -0.2) is 25.3 Å². The van der Waals surface area contributed by atoms with Gasteiger partial charge in [0.25, 0.3) is 5.91 Å². The molecule has 0 fully saturated rings. The van der Waals surface area contributed by atoms with Gasteiger partial charge in [-0.25, -0.2) is 4.79 Å². The minimum atomic E-state index is -0.887. The third kappa shape index (κ3) is 5.02. The molecular weight excluding hydrogens is 384 g/mol. The predicted molar refractivity (Wildman–Crippen MR) is 100 cm³/mol. The maximum Gasteiger partial charge on any atom is 0.349 e. The Kier molecular flexibility index (Phi) is 6.14. The molecule has 1 heterocycles. The first-order valence-corrected chi connectivity index (χ1v) is 8.62. The molecule has 2 aromatic carbocycles. The van der Waals surface area contributed by atoms with Gasteiger partial charge in [0.05, 0.1) is 0 Å². The first kappa shape index (κ1) is 19.3. The monoisotopic (exact) mass is 398 g/mol. The zero-order valence-electron chi connectivity index (χ0n) is 14.6. The Balaban J connectivity index is 1.53. The van der Waals surface area contributed by atoms with Crippen molar-refractivity contribution in [1.29, 1.82) is 5.26 Å². The van der Waals surface area contributed by atoms with Crippen LogP contribution in [0.25, 0.3) is 6.08 Å². The molecular formula is C20H15ClN2O5. The molecule has 0 saturated heterocycles. The van der Waals surface area contributed by atoms with Gasteiger partial charge in [0.15, 0.2) is 18.1 Å². The standard InChI is InChI=1S/C20H15ClN2O5/c21-16-4-1-13(2-5-16)10-23-19(24)11-26-20(25)15(9-22)7-14-3-6-17-18(8-14)28-12-27-17/h1-8H,10-12H2,(H,23,24)/b15-7+. The number of esters is 1. The summed E-state index contributed by atoms with van der Waals surface area (Å²) >= 11 is 5.80. The second-order valence-electron chi connectivity index (χ2n) is 5.76. The molecule has 2 aromatic rings. The summed E-state index contributed by atoms with van der Waals surface area (Å²) in [7, 11) is 0. The number of hydrogen-bond donors (Lipinski definition) is 1. The highest BCUT2D eigenvalue weighted by Gasteiger charge is 2.16. The Morgan fingerprint density at radius 3 is 2.68 bits per heavy atom. The maximum atomic E-state index is 12.1. The summed E-state index contributed by atoms with van der Waals surface area (Å²) in [6, 6.07) is 13.7. The summed E-state index contributed by atoms with van der Waals surface area (Å²) in [5.74, 6) is -0.248. The molecule has 0 saturated carbocycles. The van der Waals surface area contributed by atoms with E-state index in [4.69, 9.17) is 25.8 Å². The van der Waals surface area contributed by atoms with Gasteiger partial charge >= 0.3 is 5.97 Å². The molecule has 8 heteroatoms. The van der Waals surface area contributed by atoms with Gasteiger partial charge in [-0.05, 0) is 41.5 Å². The minimum Gasteiger partial charge on any atom is -0.454 e. The average molecular weight is 399 g/mol. The lowest BCUT2D eigenvalue weighted by atomic mass is 10.1. The molecule has 0 atom stereocenters. The Labute approximate surface area is 166 Å². The van der Waals surface area contributed by atoms with Crippen molar-refractivity contribution in [2.24, 2.45) is 0 Å². The second kappa shape index (κ2) is 8.93. The third-order valence-corrected chi connectivity index (χ3v) is 4.04. The zero-order chi connectivity index (χ0) is 19.9. The summed E-state index contributed by atoms with van der Waals surface area (Å²) in [4.78, 5) is 23.9. The highest BCUT2D eigenvalue weighted by atomic mass is 35.5. The van der Waals surface area contributed by atoms with E-state index in [1.807, 2.05) is 0 Å². The number of ether oxygens (including phenoxy) is 3. The van der Waals surface area contributed by atoms with E-state index in [-0.39, 0.29) is 18.9 Å². The average Bonchev–Trinajstić information content (AvgIpc) is 3.17. The van der Waals surface area contributed by atoms with Gasteiger partial charge in [-0.15, -0.1) is 0 Å². The molecule has 0 unspecified atom stereocenters. The predicted octanol–water partition coefficient (Wildman–Crippen LogP) is 2.84. The third-order valence-electron chi connectivity index (χ3n) is 3.79. The summed E-state index contributed by atoms with van der Waals surface area (Å²) in [6.45, 7) is -0.0982. The molecule has 0 spiro atoms. The number of rotatable bonds is 6. The van der Waals surface area contributed by atoms with Gasteiger partial charge < -0.3 is 19.5 Å². The van der Waals surface area contributed by atoms with E-state index in [1.165, 1.54) is 6.08 Å². The summed E-state index contributed by atoms with van der Waals surface area (Å²) in [6.07, 6.45) is 1.36. The fraction of sp³-hybridized carbons (Fsp3) is 0.150. The van der Waals surface area contributed by atoms with Gasteiger partial charge in [0.1, 0.15) is 11.6 Å². The highest BCUT2D eigenvalue weighted by Crippen LogP contribution is 2.33. The van der Waals surface area contributed by atoms with Gasteiger partial charge in [0, 0.05) is 11.6 Å². The number of benzene rings is 2. The zero-order valence-corrected chi connectivity index (χ0v) is 15.4. The number of nitrogens with zero attached hydrogens (tertiary/aromatic N) is 1. The number of carbonyl (C=O) groups excluding carboxylic acids is 2. The Bertz CT molecular complexity index is 964. The van der Waals surface area contributed by atoms with Crippen molar-refractivity contribution in [1.82, 2.24) is 5.32 Å². The van der Waals surface area contributed by atoms with E-state index >= 15 is 0 Å². The van der Waals surface area contributed by atoms with Crippen molar-refractivity contribution in [2.75, 3.05) is 13.4 Å². The first-order chi connectivity index (χ1) is 13.5. The smallest absolute Gasteiger partial charge is 0.349 e. The number of carbonyl (C=O) groups is 2. The van der Waals surface area contributed by atoms with E-state index in [2.05, 4.69) is 5.32 Å². The second-order valence-corrected chi connectivity index (χ2v) is 6.20. The van der Waals surface area contributed by atoms with Crippen LogP contribution in [-0.2, 0) is 20.9 Å². The van der Waals surface area contributed by atoms with Crippen LogP contribution in [0.3, 0.4) is 0 Å². The first-order valence-electron chi connectivity index (χ1n) is 8.25. The molecule has 1 N–H and O–H groups in total. The molecule has 0 radical (unpaired) electrons. The van der Waals surface area contributed by atoms with Crippen molar-refractivity contribution in [3.05, 3.63) is 64.2 Å². The molecule has 3 rings (SSSR count). The molecule has 28 heavy (non-hydrogen) atoms. The van der Waals surface area contributed by atoms with Crippen LogP contribution >= 0.6 is 11.6 Å². The van der Waals surface area contributed by atoms with Crippen molar-refractivity contribution in [3.8, 4) is 17.6 Å². The number of amides is 1. The van der Waals surface area contributed by atoms with E-state index in [0.29, 0.717) is 22.1 Å². The Hall–Kier alpha value is -3.50. The van der Waals surface area contributed by atoms with Crippen LogP contribution in [0.4, 0.5) is 0 Å². The number of nitriles is 1. The lowest BCUT2D eigenvalue weighted by Crippen LogP contribution is -2.28. The molecule has 142 valence electrons. The number of fused-ring (bicyclic) bond motifs is 1. The van der Waals surface area contributed by atoms with Crippen LogP contribution in [0.1, 0.15) is 11.1 Å². The molecule has 1 aliphatic heterocycles. The lowest BCUT2D eigenvalue weighted by Gasteiger charge is -2.06. The number of nitrogens with one attached hydrogen (secondary N) is 1. The highest BCUT2D eigenvalue weighted by molar-refractivity contribution is 6.30. The van der Waals surface area contributed by atoms with Gasteiger partial charge in [0.2, 0.25) is 6.79 Å². The topological polar surface area (TPSA) is 97.7 Å². The van der Waals surface area contributed by atoms with Crippen molar-refractivity contribution in [3.63, 3.8) is 0 Å². The Morgan fingerprint density at radius 2 is 1.93 bits per heavy atom. The molecule has 0 aliphatic carbocycles. The maximum absolute atomic E-state index is 12.1.